The zero-order chi connectivity index (χ0) is 18.7. The van der Waals surface area contributed by atoms with Crippen LogP contribution in [0.3, 0.4) is 0 Å². The number of amides is 1. The first kappa shape index (κ1) is 17.7. The van der Waals surface area contributed by atoms with Crippen LogP contribution in [0.4, 0.5) is 5.69 Å². The van der Waals surface area contributed by atoms with Crippen LogP contribution in [0.1, 0.15) is 19.8 Å². The molecule has 0 aliphatic heterocycles. The fourth-order valence-corrected chi connectivity index (χ4v) is 2.52. The van der Waals surface area contributed by atoms with E-state index in [1.807, 2.05) is 0 Å². The molecule has 2 aromatic rings. The standard InChI is InChI=1S/C19H20N2O5/c1-12(19(22)20-14-5-6-14)26-18-10-7-15(21(23)24)11-17(18)13-3-8-16(25-2)9-4-13/h3-4,7-12,14H,5-6H2,1-2H3,(H,20,22)/t12-/m0/s1. The second-order valence-corrected chi connectivity index (χ2v) is 6.21. The van der Waals surface area contributed by atoms with E-state index in [0.29, 0.717) is 17.1 Å². The molecule has 1 aliphatic carbocycles. The number of carbonyl (C=O) groups is 1. The molecule has 3 rings (SSSR count). The molecule has 0 aromatic heterocycles. The maximum Gasteiger partial charge on any atom is 0.270 e. The summed E-state index contributed by atoms with van der Waals surface area (Å²) in [4.78, 5) is 22.8. The van der Waals surface area contributed by atoms with Crippen molar-refractivity contribution in [1.29, 1.82) is 0 Å². The summed E-state index contributed by atoms with van der Waals surface area (Å²) in [5, 5.41) is 14.0. The Labute approximate surface area is 151 Å². The predicted molar refractivity (Wildman–Crippen MR) is 96.3 cm³/mol. The van der Waals surface area contributed by atoms with E-state index in [2.05, 4.69) is 5.32 Å². The molecule has 0 saturated heterocycles. The number of benzene rings is 2. The summed E-state index contributed by atoms with van der Waals surface area (Å²) in [5.74, 6) is 0.907. The third-order valence-corrected chi connectivity index (χ3v) is 4.17. The molecule has 0 unspecified atom stereocenters. The molecule has 1 N–H and O–H groups in total. The van der Waals surface area contributed by atoms with Crippen molar-refractivity contribution in [3.8, 4) is 22.6 Å². The average molecular weight is 356 g/mol. The second kappa shape index (κ2) is 7.43. The van der Waals surface area contributed by atoms with Gasteiger partial charge >= 0.3 is 0 Å². The van der Waals surface area contributed by atoms with Crippen LogP contribution in [0.5, 0.6) is 11.5 Å². The molecule has 1 fully saturated rings. The van der Waals surface area contributed by atoms with Gasteiger partial charge in [0, 0.05) is 23.7 Å². The van der Waals surface area contributed by atoms with Gasteiger partial charge in [-0.15, -0.1) is 0 Å². The Kier molecular flexibility index (Phi) is 5.06. The van der Waals surface area contributed by atoms with Crippen LogP contribution in [-0.2, 0) is 4.79 Å². The molecule has 1 atom stereocenters. The lowest BCUT2D eigenvalue weighted by molar-refractivity contribution is -0.384. The first-order valence-electron chi connectivity index (χ1n) is 8.38. The third-order valence-electron chi connectivity index (χ3n) is 4.17. The smallest absolute Gasteiger partial charge is 0.270 e. The molecule has 136 valence electrons. The van der Waals surface area contributed by atoms with Gasteiger partial charge in [-0.05, 0) is 43.5 Å². The van der Waals surface area contributed by atoms with Crippen molar-refractivity contribution < 1.29 is 19.2 Å². The van der Waals surface area contributed by atoms with Crippen LogP contribution in [0.25, 0.3) is 11.1 Å². The van der Waals surface area contributed by atoms with Crippen LogP contribution in [-0.4, -0.2) is 30.1 Å². The number of nitrogens with zero attached hydrogens (tertiary/aromatic N) is 1. The number of ether oxygens (including phenoxy) is 2. The summed E-state index contributed by atoms with van der Waals surface area (Å²) in [6.45, 7) is 1.66. The fourth-order valence-electron chi connectivity index (χ4n) is 2.52. The van der Waals surface area contributed by atoms with Crippen molar-refractivity contribution in [3.05, 3.63) is 52.6 Å². The molecule has 0 bridgehead atoms. The molecule has 0 radical (unpaired) electrons. The highest BCUT2D eigenvalue weighted by molar-refractivity contribution is 5.82. The van der Waals surface area contributed by atoms with Crippen molar-refractivity contribution >= 4 is 11.6 Å². The molecular weight excluding hydrogens is 336 g/mol. The zero-order valence-electron chi connectivity index (χ0n) is 14.6. The fraction of sp³-hybridized carbons (Fsp3) is 0.316. The highest BCUT2D eigenvalue weighted by atomic mass is 16.6. The summed E-state index contributed by atoms with van der Waals surface area (Å²) in [7, 11) is 1.57. The largest absolute Gasteiger partial charge is 0.497 e. The van der Waals surface area contributed by atoms with Gasteiger partial charge in [-0.2, -0.15) is 0 Å². The number of nitrogens with one attached hydrogen (secondary N) is 1. The second-order valence-electron chi connectivity index (χ2n) is 6.21. The Morgan fingerprint density at radius 3 is 2.50 bits per heavy atom. The third kappa shape index (κ3) is 4.11. The first-order valence-corrected chi connectivity index (χ1v) is 8.38. The Bertz CT molecular complexity index is 815. The highest BCUT2D eigenvalue weighted by Crippen LogP contribution is 2.35. The number of non-ortho nitro benzene ring substituents is 1. The molecule has 2 aromatic carbocycles. The number of methoxy groups -OCH3 is 1. The summed E-state index contributed by atoms with van der Waals surface area (Å²) >= 11 is 0. The van der Waals surface area contributed by atoms with Crippen molar-refractivity contribution in [2.45, 2.75) is 31.9 Å². The van der Waals surface area contributed by atoms with Gasteiger partial charge in [0.1, 0.15) is 11.5 Å². The van der Waals surface area contributed by atoms with Crippen LogP contribution in [0.15, 0.2) is 42.5 Å². The minimum atomic E-state index is -0.700. The Hall–Kier alpha value is -3.09. The van der Waals surface area contributed by atoms with E-state index < -0.39 is 11.0 Å². The normalized spacial score (nSPS) is 14.4. The lowest BCUT2D eigenvalue weighted by atomic mass is 10.0. The predicted octanol–water partition coefficient (Wildman–Crippen LogP) is 3.32. The number of nitro groups is 1. The molecular formula is C19H20N2O5. The van der Waals surface area contributed by atoms with Crippen LogP contribution < -0.4 is 14.8 Å². The van der Waals surface area contributed by atoms with E-state index in [-0.39, 0.29) is 17.6 Å². The summed E-state index contributed by atoms with van der Waals surface area (Å²) in [6.07, 6.45) is 1.29. The van der Waals surface area contributed by atoms with Crippen LogP contribution in [0, 0.1) is 10.1 Å². The topological polar surface area (TPSA) is 90.7 Å². The first-order chi connectivity index (χ1) is 12.5. The van der Waals surface area contributed by atoms with Gasteiger partial charge < -0.3 is 14.8 Å². The van der Waals surface area contributed by atoms with Crippen molar-refractivity contribution in [2.75, 3.05) is 7.11 Å². The Balaban J connectivity index is 1.89. The molecule has 1 amide bonds. The molecule has 1 aliphatic rings. The van der Waals surface area contributed by atoms with Crippen LogP contribution in [0.2, 0.25) is 0 Å². The maximum absolute atomic E-state index is 12.1. The van der Waals surface area contributed by atoms with E-state index in [9.17, 15) is 14.9 Å². The van der Waals surface area contributed by atoms with Crippen molar-refractivity contribution in [2.24, 2.45) is 0 Å². The summed E-state index contributed by atoms with van der Waals surface area (Å²) in [6, 6.07) is 11.7. The number of carbonyl (C=O) groups excluding carboxylic acids is 1. The number of hydrogen-bond donors (Lipinski definition) is 1. The van der Waals surface area contributed by atoms with Gasteiger partial charge in [0.2, 0.25) is 0 Å². The van der Waals surface area contributed by atoms with E-state index >= 15 is 0 Å². The van der Waals surface area contributed by atoms with E-state index in [1.54, 1.807) is 38.3 Å². The average Bonchev–Trinajstić information content (AvgIpc) is 3.46. The maximum atomic E-state index is 12.1. The zero-order valence-corrected chi connectivity index (χ0v) is 14.6. The molecule has 0 spiro atoms. The SMILES string of the molecule is COc1ccc(-c2cc([N+](=O)[O-])ccc2O[C@@H](C)C(=O)NC2CC2)cc1. The van der Waals surface area contributed by atoms with Gasteiger partial charge in [-0.3, -0.25) is 14.9 Å². The van der Waals surface area contributed by atoms with Gasteiger partial charge in [-0.25, -0.2) is 0 Å². The quantitative estimate of drug-likeness (QED) is 0.607. The number of nitro benzene ring substituents is 1. The minimum Gasteiger partial charge on any atom is -0.497 e. The van der Waals surface area contributed by atoms with E-state index in [4.69, 9.17) is 9.47 Å². The molecule has 0 heterocycles. The lowest BCUT2D eigenvalue weighted by Crippen LogP contribution is -2.37. The lowest BCUT2D eigenvalue weighted by Gasteiger charge is -2.17. The monoisotopic (exact) mass is 356 g/mol. The molecule has 7 nitrogen and oxygen atoms in total. The number of hydrogen-bond acceptors (Lipinski definition) is 5. The van der Waals surface area contributed by atoms with E-state index in [0.717, 1.165) is 18.4 Å². The number of rotatable bonds is 7. The van der Waals surface area contributed by atoms with E-state index in [1.165, 1.54) is 18.2 Å². The molecule has 1 saturated carbocycles. The van der Waals surface area contributed by atoms with Gasteiger partial charge in [-0.1, -0.05) is 12.1 Å². The van der Waals surface area contributed by atoms with Gasteiger partial charge in [0.15, 0.2) is 6.10 Å². The van der Waals surface area contributed by atoms with Gasteiger partial charge in [0.25, 0.3) is 11.6 Å². The summed E-state index contributed by atoms with van der Waals surface area (Å²) < 4.78 is 11.0. The van der Waals surface area contributed by atoms with Crippen molar-refractivity contribution in [3.63, 3.8) is 0 Å². The van der Waals surface area contributed by atoms with Crippen LogP contribution >= 0.6 is 0 Å². The Morgan fingerprint density at radius 1 is 1.23 bits per heavy atom. The Morgan fingerprint density at radius 2 is 1.92 bits per heavy atom. The van der Waals surface area contributed by atoms with Gasteiger partial charge in [0.05, 0.1) is 12.0 Å². The minimum absolute atomic E-state index is 0.0433. The summed E-state index contributed by atoms with van der Waals surface area (Å²) in [5.41, 5.74) is 1.24. The highest BCUT2D eigenvalue weighted by Gasteiger charge is 2.27. The molecule has 26 heavy (non-hydrogen) atoms. The molecule has 7 heteroatoms. The van der Waals surface area contributed by atoms with Crippen molar-refractivity contribution in [1.82, 2.24) is 5.32 Å².